The molecule has 0 spiro atoms. The van der Waals surface area contributed by atoms with E-state index < -0.39 is 5.91 Å². The van der Waals surface area contributed by atoms with Crippen LogP contribution in [0, 0.1) is 0 Å². The lowest BCUT2D eigenvalue weighted by molar-refractivity contribution is 0.100. The number of pyridine rings is 1. The van der Waals surface area contributed by atoms with Crippen molar-refractivity contribution in [2.45, 2.75) is 18.9 Å². The van der Waals surface area contributed by atoms with Crippen LogP contribution in [0.5, 0.6) is 0 Å². The Balaban J connectivity index is 1.98. The Kier molecular flexibility index (Phi) is 3.50. The van der Waals surface area contributed by atoms with Gasteiger partial charge in [0.1, 0.15) is 14.9 Å². The first-order valence-electron chi connectivity index (χ1n) is 7.31. The van der Waals surface area contributed by atoms with Gasteiger partial charge in [-0.2, -0.15) is 0 Å². The molecular weight excluding hydrogens is 348 g/mol. The Hall–Kier alpha value is -2.45. The highest BCUT2D eigenvalue weighted by molar-refractivity contribution is 7.21. The molecule has 0 unspecified atom stereocenters. The number of aromatic nitrogens is 3. The number of carbonyl (C=O) groups is 1. The Bertz CT molecular complexity index is 968. The number of thiophene rings is 1. The number of hydrogen-bond acceptors (Lipinski definition) is 7. The van der Waals surface area contributed by atoms with Gasteiger partial charge in [0.05, 0.1) is 16.8 Å². The van der Waals surface area contributed by atoms with Gasteiger partial charge < -0.3 is 16.8 Å². The zero-order chi connectivity index (χ0) is 16.8. The van der Waals surface area contributed by atoms with E-state index in [0.717, 1.165) is 18.4 Å². The van der Waals surface area contributed by atoms with Gasteiger partial charge in [-0.1, -0.05) is 11.6 Å². The number of anilines is 2. The van der Waals surface area contributed by atoms with Crippen molar-refractivity contribution in [2.24, 2.45) is 5.73 Å². The molecule has 7 nitrogen and oxygen atoms in total. The van der Waals surface area contributed by atoms with E-state index in [1.807, 2.05) is 0 Å². The van der Waals surface area contributed by atoms with Crippen molar-refractivity contribution < 1.29 is 4.79 Å². The third-order valence-corrected chi connectivity index (χ3v) is 5.04. The van der Waals surface area contributed by atoms with Crippen molar-refractivity contribution in [3.63, 3.8) is 0 Å². The third kappa shape index (κ3) is 2.63. The number of carbonyl (C=O) groups excluding carboxylic acids is 1. The predicted octanol–water partition coefficient (Wildman–Crippen LogP) is 2.66. The SMILES string of the molecule is NC(=O)c1sc2nc(NC3CC3)nc(-c3ccnc(Cl)c3)c2c1N. The molecule has 1 amide bonds. The molecule has 3 heterocycles. The quantitative estimate of drug-likeness (QED) is 0.615. The molecule has 3 aromatic heterocycles. The van der Waals surface area contributed by atoms with Gasteiger partial charge in [-0.15, -0.1) is 11.3 Å². The van der Waals surface area contributed by atoms with Gasteiger partial charge in [-0.25, -0.2) is 15.0 Å². The topological polar surface area (TPSA) is 120 Å². The molecule has 1 aliphatic carbocycles. The first-order chi connectivity index (χ1) is 11.5. The third-order valence-electron chi connectivity index (χ3n) is 3.72. The highest BCUT2D eigenvalue weighted by Gasteiger charge is 2.25. The minimum Gasteiger partial charge on any atom is -0.397 e. The monoisotopic (exact) mass is 360 g/mol. The fourth-order valence-electron chi connectivity index (χ4n) is 2.44. The lowest BCUT2D eigenvalue weighted by Gasteiger charge is -2.08. The summed E-state index contributed by atoms with van der Waals surface area (Å²) in [4.78, 5) is 25.6. The standard InChI is InChI=1S/C15H13ClN6OS/c16-8-5-6(3-4-19-8)11-9-10(17)12(13(18)23)24-14(9)22-15(21-11)20-7-1-2-7/h3-5,7H,1-2,17H2,(H2,18,23)(H,20,21,22). The number of fused-ring (bicyclic) bond motifs is 1. The van der Waals surface area contributed by atoms with Gasteiger partial charge in [0, 0.05) is 17.8 Å². The predicted molar refractivity (Wildman–Crippen MR) is 95.2 cm³/mol. The van der Waals surface area contributed by atoms with Crippen LogP contribution in [-0.4, -0.2) is 26.9 Å². The van der Waals surface area contributed by atoms with Crippen molar-refractivity contribution in [3.8, 4) is 11.3 Å². The summed E-state index contributed by atoms with van der Waals surface area (Å²) in [6, 6.07) is 3.88. The van der Waals surface area contributed by atoms with Crippen LogP contribution in [0.4, 0.5) is 11.6 Å². The summed E-state index contributed by atoms with van der Waals surface area (Å²) in [5.41, 5.74) is 13.2. The van der Waals surface area contributed by atoms with Crippen LogP contribution in [0.25, 0.3) is 21.5 Å². The van der Waals surface area contributed by atoms with Crippen LogP contribution in [0.1, 0.15) is 22.5 Å². The average Bonchev–Trinajstić information content (AvgIpc) is 3.28. The second-order valence-corrected chi connectivity index (χ2v) is 6.96. The molecule has 9 heteroatoms. The molecule has 1 fully saturated rings. The maximum absolute atomic E-state index is 11.6. The van der Waals surface area contributed by atoms with Gasteiger partial charge in [-0.05, 0) is 25.0 Å². The van der Waals surface area contributed by atoms with Crippen LogP contribution in [0.2, 0.25) is 5.15 Å². The van der Waals surface area contributed by atoms with Crippen molar-refractivity contribution in [1.82, 2.24) is 15.0 Å². The first kappa shape index (κ1) is 15.1. The normalized spacial score (nSPS) is 14.0. The van der Waals surface area contributed by atoms with Gasteiger partial charge >= 0.3 is 0 Å². The summed E-state index contributed by atoms with van der Waals surface area (Å²) >= 11 is 7.17. The Labute approximate surface area is 146 Å². The van der Waals surface area contributed by atoms with E-state index in [1.165, 1.54) is 11.3 Å². The lowest BCUT2D eigenvalue weighted by atomic mass is 10.1. The number of hydrogen-bond donors (Lipinski definition) is 3. The fourth-order valence-corrected chi connectivity index (χ4v) is 3.56. The highest BCUT2D eigenvalue weighted by atomic mass is 35.5. The number of nitrogen functional groups attached to an aromatic ring is 1. The fraction of sp³-hybridized carbons (Fsp3) is 0.200. The van der Waals surface area contributed by atoms with E-state index in [2.05, 4.69) is 20.3 Å². The average molecular weight is 361 g/mol. The van der Waals surface area contributed by atoms with Crippen LogP contribution in [-0.2, 0) is 0 Å². The molecule has 4 rings (SSSR count). The summed E-state index contributed by atoms with van der Waals surface area (Å²) in [6.45, 7) is 0. The molecular formula is C15H13ClN6OS. The molecule has 0 saturated heterocycles. The Morgan fingerprint density at radius 2 is 2.17 bits per heavy atom. The maximum Gasteiger partial charge on any atom is 0.260 e. The minimum atomic E-state index is -0.578. The summed E-state index contributed by atoms with van der Waals surface area (Å²) in [6.07, 6.45) is 3.78. The van der Waals surface area contributed by atoms with E-state index in [4.69, 9.17) is 23.1 Å². The summed E-state index contributed by atoms with van der Waals surface area (Å²) in [5.74, 6) is -0.0730. The van der Waals surface area contributed by atoms with Gasteiger partial charge in [0.15, 0.2) is 0 Å². The maximum atomic E-state index is 11.6. The number of nitrogens with one attached hydrogen (secondary N) is 1. The zero-order valence-corrected chi connectivity index (χ0v) is 14.0. The van der Waals surface area contributed by atoms with E-state index in [0.29, 0.717) is 38.7 Å². The van der Waals surface area contributed by atoms with Gasteiger partial charge in [0.2, 0.25) is 5.95 Å². The molecule has 0 aliphatic heterocycles. The zero-order valence-electron chi connectivity index (χ0n) is 12.4. The van der Waals surface area contributed by atoms with Crippen LogP contribution in [0.15, 0.2) is 18.3 Å². The molecule has 122 valence electrons. The number of primary amides is 1. The summed E-state index contributed by atoms with van der Waals surface area (Å²) in [5, 5.41) is 4.23. The number of nitrogens with two attached hydrogens (primary N) is 2. The van der Waals surface area contributed by atoms with Gasteiger partial charge in [-0.3, -0.25) is 4.79 Å². The largest absolute Gasteiger partial charge is 0.397 e. The van der Waals surface area contributed by atoms with Crippen LogP contribution < -0.4 is 16.8 Å². The number of halogens is 1. The molecule has 0 bridgehead atoms. The molecule has 0 aromatic carbocycles. The Morgan fingerprint density at radius 1 is 1.38 bits per heavy atom. The smallest absolute Gasteiger partial charge is 0.260 e. The first-order valence-corrected chi connectivity index (χ1v) is 8.50. The van der Waals surface area contributed by atoms with E-state index in [9.17, 15) is 4.79 Å². The molecule has 24 heavy (non-hydrogen) atoms. The second-order valence-electron chi connectivity index (χ2n) is 5.57. The minimum absolute atomic E-state index is 0.282. The van der Waals surface area contributed by atoms with E-state index >= 15 is 0 Å². The molecule has 5 N–H and O–H groups in total. The van der Waals surface area contributed by atoms with E-state index in [1.54, 1.807) is 18.3 Å². The van der Waals surface area contributed by atoms with E-state index in [-0.39, 0.29) is 4.88 Å². The summed E-state index contributed by atoms with van der Waals surface area (Å²) < 4.78 is 0. The van der Waals surface area contributed by atoms with Crippen molar-refractivity contribution >= 4 is 50.7 Å². The van der Waals surface area contributed by atoms with Crippen LogP contribution in [0.3, 0.4) is 0 Å². The van der Waals surface area contributed by atoms with Crippen molar-refractivity contribution in [1.29, 1.82) is 0 Å². The lowest BCUT2D eigenvalue weighted by Crippen LogP contribution is -2.10. The second kappa shape index (κ2) is 5.57. The highest BCUT2D eigenvalue weighted by Crippen LogP contribution is 2.39. The number of rotatable bonds is 4. The molecule has 1 saturated carbocycles. The Morgan fingerprint density at radius 3 is 2.83 bits per heavy atom. The molecule has 1 aliphatic rings. The number of amides is 1. The van der Waals surface area contributed by atoms with Gasteiger partial charge in [0.25, 0.3) is 5.91 Å². The molecule has 3 aromatic rings. The van der Waals surface area contributed by atoms with Crippen molar-refractivity contribution in [2.75, 3.05) is 11.1 Å². The summed E-state index contributed by atoms with van der Waals surface area (Å²) in [7, 11) is 0. The molecule has 0 radical (unpaired) electrons. The van der Waals surface area contributed by atoms with Crippen molar-refractivity contribution in [3.05, 3.63) is 28.4 Å². The number of nitrogens with zero attached hydrogens (tertiary/aromatic N) is 3. The van der Waals surface area contributed by atoms with Crippen LogP contribution >= 0.6 is 22.9 Å². The molecule has 0 atom stereocenters.